The van der Waals surface area contributed by atoms with Crippen LogP contribution in [0.25, 0.3) is 5.76 Å². The van der Waals surface area contributed by atoms with Crippen LogP contribution in [-0.2, 0) is 16.2 Å². The van der Waals surface area contributed by atoms with Crippen molar-refractivity contribution in [2.24, 2.45) is 0 Å². The van der Waals surface area contributed by atoms with Gasteiger partial charge in [-0.15, -0.1) is 0 Å². The molecule has 0 aliphatic carbocycles. The lowest BCUT2D eigenvalue weighted by Gasteiger charge is -2.26. The number of carbonyl (C=O) groups is 2. The zero-order chi connectivity index (χ0) is 27.9. The van der Waals surface area contributed by atoms with Crippen molar-refractivity contribution in [2.45, 2.75) is 26.0 Å². The molecule has 0 saturated carbocycles. The maximum Gasteiger partial charge on any atom is 0.295 e. The molecule has 0 bridgehead atoms. The molecule has 0 aromatic heterocycles. The number of halogens is 1. The minimum atomic E-state index is -0.848. The van der Waals surface area contributed by atoms with Gasteiger partial charge in [0.15, 0.2) is 11.5 Å². The highest BCUT2D eigenvalue weighted by Gasteiger charge is 2.46. The molecule has 1 N–H and O–H groups in total. The van der Waals surface area contributed by atoms with Crippen molar-refractivity contribution in [3.63, 3.8) is 0 Å². The van der Waals surface area contributed by atoms with E-state index >= 15 is 0 Å². The number of hydrogen-bond acceptors (Lipinski definition) is 6. The lowest BCUT2D eigenvalue weighted by molar-refractivity contribution is -0.139. The Kier molecular flexibility index (Phi) is 8.99. The first-order chi connectivity index (χ1) is 18.8. The molecule has 1 fully saturated rings. The van der Waals surface area contributed by atoms with Gasteiger partial charge < -0.3 is 24.4 Å². The number of likely N-dealkylation sites (tertiary alicyclic amines) is 1. The van der Waals surface area contributed by atoms with Gasteiger partial charge in [-0.2, -0.15) is 0 Å². The molecule has 0 radical (unpaired) electrons. The third-order valence-electron chi connectivity index (χ3n) is 6.48. The summed E-state index contributed by atoms with van der Waals surface area (Å²) in [6, 6.07) is 19.3. The molecular formula is C31H33FN2O5. The zero-order valence-corrected chi connectivity index (χ0v) is 22.4. The number of hydrogen-bond donors (Lipinski definition) is 1. The summed E-state index contributed by atoms with van der Waals surface area (Å²) in [5, 5.41) is 11.2. The van der Waals surface area contributed by atoms with Crippen LogP contribution in [0.2, 0.25) is 0 Å². The number of aliphatic hydroxyl groups excluding tert-OH is 1. The Balaban J connectivity index is 1.75. The van der Waals surface area contributed by atoms with Crippen LogP contribution in [0.4, 0.5) is 4.39 Å². The molecule has 3 aromatic rings. The molecule has 8 heteroatoms. The van der Waals surface area contributed by atoms with E-state index in [1.165, 1.54) is 29.2 Å². The van der Waals surface area contributed by atoms with Crippen LogP contribution in [0.3, 0.4) is 0 Å². The monoisotopic (exact) mass is 532 g/mol. The summed E-state index contributed by atoms with van der Waals surface area (Å²) in [6.45, 7) is 3.60. The second-order valence-corrected chi connectivity index (χ2v) is 9.57. The maximum absolute atomic E-state index is 13.5. The van der Waals surface area contributed by atoms with Gasteiger partial charge in [-0.05, 0) is 81.5 Å². The van der Waals surface area contributed by atoms with Crippen molar-refractivity contribution in [1.82, 2.24) is 9.80 Å². The molecule has 1 unspecified atom stereocenters. The highest BCUT2D eigenvalue weighted by atomic mass is 19.1. The van der Waals surface area contributed by atoms with Gasteiger partial charge in [-0.1, -0.05) is 36.4 Å². The first kappa shape index (κ1) is 27.9. The Morgan fingerprint density at radius 2 is 1.69 bits per heavy atom. The third-order valence-corrected chi connectivity index (χ3v) is 6.48. The van der Waals surface area contributed by atoms with Crippen LogP contribution in [-0.4, -0.2) is 60.4 Å². The fraction of sp³-hybridized carbons (Fsp3) is 0.290. The number of aliphatic hydroxyl groups is 1. The van der Waals surface area contributed by atoms with Crippen LogP contribution < -0.4 is 9.47 Å². The average Bonchev–Trinajstić information content (AvgIpc) is 3.18. The van der Waals surface area contributed by atoms with E-state index in [4.69, 9.17) is 9.47 Å². The number of Topliss-reactive ketones (excluding diaryl/α,β-unsaturated/α-hetero) is 1. The number of benzene rings is 3. The van der Waals surface area contributed by atoms with E-state index in [-0.39, 0.29) is 16.9 Å². The van der Waals surface area contributed by atoms with Crippen molar-refractivity contribution in [2.75, 3.05) is 33.8 Å². The van der Waals surface area contributed by atoms with E-state index in [1.54, 1.807) is 18.2 Å². The Labute approximate surface area is 228 Å². The summed E-state index contributed by atoms with van der Waals surface area (Å²) < 4.78 is 25.5. The van der Waals surface area contributed by atoms with Gasteiger partial charge in [0.1, 0.15) is 18.2 Å². The van der Waals surface area contributed by atoms with Crippen LogP contribution in [0.15, 0.2) is 78.4 Å². The SMILES string of the molecule is CCOc1cc(C2/C(=C(\O)c3ccc(F)cc3)C(=O)C(=O)N2CCCN(C)C)ccc1OCc1ccccc1. The van der Waals surface area contributed by atoms with Gasteiger partial charge in [-0.25, -0.2) is 4.39 Å². The van der Waals surface area contributed by atoms with Crippen LogP contribution in [0.1, 0.15) is 36.1 Å². The second kappa shape index (κ2) is 12.6. The molecule has 7 nitrogen and oxygen atoms in total. The summed E-state index contributed by atoms with van der Waals surface area (Å²) in [5.74, 6) is -1.31. The molecule has 4 rings (SSSR count). The van der Waals surface area contributed by atoms with Gasteiger partial charge in [0.25, 0.3) is 11.7 Å². The Morgan fingerprint density at radius 3 is 2.36 bits per heavy atom. The molecule has 204 valence electrons. The largest absolute Gasteiger partial charge is 0.507 e. The highest BCUT2D eigenvalue weighted by Crippen LogP contribution is 2.42. The van der Waals surface area contributed by atoms with E-state index < -0.39 is 23.5 Å². The van der Waals surface area contributed by atoms with Crippen LogP contribution in [0, 0.1) is 5.82 Å². The smallest absolute Gasteiger partial charge is 0.295 e. The van der Waals surface area contributed by atoms with Gasteiger partial charge in [-0.3, -0.25) is 9.59 Å². The van der Waals surface area contributed by atoms with Crippen molar-refractivity contribution >= 4 is 17.4 Å². The molecule has 1 saturated heterocycles. The van der Waals surface area contributed by atoms with E-state index in [0.717, 1.165) is 5.56 Å². The molecule has 1 aliphatic rings. The van der Waals surface area contributed by atoms with Gasteiger partial charge >= 0.3 is 0 Å². The topological polar surface area (TPSA) is 79.3 Å². The first-order valence-corrected chi connectivity index (χ1v) is 12.9. The number of rotatable bonds is 11. The van der Waals surface area contributed by atoms with Crippen LogP contribution >= 0.6 is 0 Å². The van der Waals surface area contributed by atoms with Crippen molar-refractivity contribution in [3.8, 4) is 11.5 Å². The number of nitrogens with zero attached hydrogens (tertiary/aromatic N) is 2. The van der Waals surface area contributed by atoms with Gasteiger partial charge in [0.05, 0.1) is 18.2 Å². The minimum Gasteiger partial charge on any atom is -0.507 e. The molecule has 1 amide bonds. The molecule has 1 atom stereocenters. The predicted molar refractivity (Wildman–Crippen MR) is 147 cm³/mol. The maximum atomic E-state index is 13.5. The summed E-state index contributed by atoms with van der Waals surface area (Å²) in [7, 11) is 3.87. The van der Waals surface area contributed by atoms with Crippen molar-refractivity contribution < 1.29 is 28.6 Å². The Hall–Kier alpha value is -4.17. The molecule has 39 heavy (non-hydrogen) atoms. The second-order valence-electron chi connectivity index (χ2n) is 9.57. The number of ketones is 1. The van der Waals surface area contributed by atoms with Crippen LogP contribution in [0.5, 0.6) is 11.5 Å². The normalized spacial score (nSPS) is 16.6. The number of ether oxygens (including phenoxy) is 2. The standard InChI is InChI=1S/C31H33FN2O5/c1-4-38-26-19-23(13-16-25(26)39-20-21-9-6-5-7-10-21)28-27(29(35)22-11-14-24(32)15-12-22)30(36)31(37)34(28)18-8-17-33(2)3/h5-7,9-16,19,28,35H,4,8,17-18,20H2,1-3H3/b29-27+. The third kappa shape index (κ3) is 6.46. The lowest BCUT2D eigenvalue weighted by atomic mass is 9.95. The molecule has 1 aliphatic heterocycles. The summed E-state index contributed by atoms with van der Waals surface area (Å²) >= 11 is 0. The van der Waals surface area contributed by atoms with E-state index in [2.05, 4.69) is 0 Å². The lowest BCUT2D eigenvalue weighted by Crippen LogP contribution is -2.32. The minimum absolute atomic E-state index is 0.0446. The number of carbonyl (C=O) groups excluding carboxylic acids is 2. The quantitative estimate of drug-likeness (QED) is 0.208. The molecular weight excluding hydrogens is 499 g/mol. The van der Waals surface area contributed by atoms with E-state index in [9.17, 15) is 19.1 Å². The highest BCUT2D eigenvalue weighted by molar-refractivity contribution is 6.46. The Bertz CT molecular complexity index is 1340. The summed E-state index contributed by atoms with van der Waals surface area (Å²) in [5.41, 5.74) is 1.80. The molecule has 1 heterocycles. The Morgan fingerprint density at radius 1 is 0.974 bits per heavy atom. The van der Waals surface area contributed by atoms with Gasteiger partial charge in [0, 0.05) is 12.1 Å². The fourth-order valence-electron chi connectivity index (χ4n) is 4.60. The average molecular weight is 533 g/mol. The van der Waals surface area contributed by atoms with E-state index in [0.29, 0.717) is 49.8 Å². The number of amides is 1. The predicted octanol–water partition coefficient (Wildman–Crippen LogP) is 5.18. The van der Waals surface area contributed by atoms with Crippen molar-refractivity contribution in [1.29, 1.82) is 0 Å². The van der Waals surface area contributed by atoms with Gasteiger partial charge in [0.2, 0.25) is 0 Å². The van der Waals surface area contributed by atoms with E-state index in [1.807, 2.05) is 56.3 Å². The summed E-state index contributed by atoms with van der Waals surface area (Å²) in [6.07, 6.45) is 0.629. The fourth-order valence-corrected chi connectivity index (χ4v) is 4.60. The molecule has 0 spiro atoms. The molecule has 3 aromatic carbocycles. The van der Waals surface area contributed by atoms with Crippen molar-refractivity contribution in [3.05, 3.63) is 101 Å². The first-order valence-electron chi connectivity index (χ1n) is 12.9. The zero-order valence-electron chi connectivity index (χ0n) is 22.4. The summed E-state index contributed by atoms with van der Waals surface area (Å²) in [4.78, 5) is 29.9.